The first-order valence-electron chi connectivity index (χ1n) is 9.43. The molecule has 3 rings (SSSR count). The number of aryl methyl sites for hydroxylation is 1. The summed E-state index contributed by atoms with van der Waals surface area (Å²) in [5.41, 5.74) is 1.88. The van der Waals surface area contributed by atoms with Gasteiger partial charge in [-0.05, 0) is 53.6 Å². The van der Waals surface area contributed by atoms with Crippen LogP contribution in [0.4, 0.5) is 5.95 Å². The molecule has 9 heteroatoms. The van der Waals surface area contributed by atoms with Crippen molar-refractivity contribution in [1.82, 2.24) is 20.2 Å². The second-order valence-corrected chi connectivity index (χ2v) is 7.16. The van der Waals surface area contributed by atoms with E-state index in [0.717, 1.165) is 24.1 Å². The topological polar surface area (TPSA) is 74.1 Å². The summed E-state index contributed by atoms with van der Waals surface area (Å²) in [6.07, 6.45) is 0.956. The fraction of sp³-hybridized carbons (Fsp3) is 0.350. The Balaban J connectivity index is 1.68. The third-order valence-corrected chi connectivity index (χ3v) is 4.71. The van der Waals surface area contributed by atoms with Crippen molar-refractivity contribution in [3.05, 3.63) is 57.6 Å². The summed E-state index contributed by atoms with van der Waals surface area (Å²) in [5, 5.41) is 16.1. The molecule has 2 aromatic carbocycles. The van der Waals surface area contributed by atoms with Gasteiger partial charge in [0.15, 0.2) is 11.5 Å². The molecule has 29 heavy (non-hydrogen) atoms. The molecule has 0 aliphatic carbocycles. The van der Waals surface area contributed by atoms with Crippen LogP contribution in [0.5, 0.6) is 11.5 Å². The van der Waals surface area contributed by atoms with Crippen molar-refractivity contribution in [2.24, 2.45) is 0 Å². The van der Waals surface area contributed by atoms with Gasteiger partial charge in [-0.1, -0.05) is 47.4 Å². The molecule has 0 saturated carbocycles. The van der Waals surface area contributed by atoms with E-state index in [-0.39, 0.29) is 0 Å². The van der Waals surface area contributed by atoms with Crippen LogP contribution in [0.1, 0.15) is 31.4 Å². The van der Waals surface area contributed by atoms with Gasteiger partial charge in [-0.25, -0.2) is 4.68 Å². The maximum atomic E-state index is 6.23. The number of nitrogens with one attached hydrogen (secondary N) is 1. The Morgan fingerprint density at radius 1 is 1.03 bits per heavy atom. The zero-order valence-corrected chi connectivity index (χ0v) is 17.9. The standard InChI is InChI=1S/C20H23Cl2N5O2/c1-3-9-27-20(24-25-26-27)23-12-14-5-8-18(19(10-14)28-4-2)29-13-15-6-7-16(21)11-17(15)22/h5-8,10-11H,3-4,9,12-13H2,1-2H3,(H,23,24,26). The number of tetrazole rings is 1. The number of benzene rings is 2. The first-order valence-corrected chi connectivity index (χ1v) is 10.2. The molecule has 0 saturated heterocycles. The minimum atomic E-state index is 0.319. The number of hydrogen-bond acceptors (Lipinski definition) is 6. The van der Waals surface area contributed by atoms with Crippen molar-refractivity contribution >= 4 is 29.2 Å². The van der Waals surface area contributed by atoms with E-state index in [1.165, 1.54) is 0 Å². The average molecular weight is 436 g/mol. The van der Waals surface area contributed by atoms with E-state index in [1.54, 1.807) is 16.8 Å². The molecule has 0 radical (unpaired) electrons. The first-order chi connectivity index (χ1) is 14.1. The summed E-state index contributed by atoms with van der Waals surface area (Å²) in [4.78, 5) is 0. The lowest BCUT2D eigenvalue weighted by Gasteiger charge is -2.14. The summed E-state index contributed by atoms with van der Waals surface area (Å²) in [6.45, 7) is 6.19. The highest BCUT2D eigenvalue weighted by molar-refractivity contribution is 6.35. The molecular weight excluding hydrogens is 413 g/mol. The van der Waals surface area contributed by atoms with Crippen molar-refractivity contribution in [2.45, 2.75) is 40.0 Å². The Labute approximate surface area is 179 Å². The Hall–Kier alpha value is -2.51. The van der Waals surface area contributed by atoms with Crippen LogP contribution in [0.15, 0.2) is 36.4 Å². The Morgan fingerprint density at radius 2 is 1.90 bits per heavy atom. The first kappa shape index (κ1) is 21.2. The smallest absolute Gasteiger partial charge is 0.243 e. The molecule has 0 bridgehead atoms. The zero-order chi connectivity index (χ0) is 20.6. The van der Waals surface area contributed by atoms with Crippen LogP contribution in [0, 0.1) is 0 Å². The van der Waals surface area contributed by atoms with Crippen molar-refractivity contribution < 1.29 is 9.47 Å². The van der Waals surface area contributed by atoms with Crippen LogP contribution in [0.3, 0.4) is 0 Å². The normalized spacial score (nSPS) is 10.8. The molecule has 154 valence electrons. The lowest BCUT2D eigenvalue weighted by molar-refractivity contribution is 0.269. The minimum absolute atomic E-state index is 0.319. The Morgan fingerprint density at radius 3 is 2.66 bits per heavy atom. The minimum Gasteiger partial charge on any atom is -0.490 e. The molecule has 0 aliphatic heterocycles. The van der Waals surface area contributed by atoms with Gasteiger partial charge < -0.3 is 14.8 Å². The van der Waals surface area contributed by atoms with Crippen LogP contribution in [-0.4, -0.2) is 26.8 Å². The van der Waals surface area contributed by atoms with Gasteiger partial charge in [0, 0.05) is 28.7 Å². The number of hydrogen-bond donors (Lipinski definition) is 1. The van der Waals surface area contributed by atoms with E-state index in [0.29, 0.717) is 47.3 Å². The van der Waals surface area contributed by atoms with E-state index < -0.39 is 0 Å². The second-order valence-electron chi connectivity index (χ2n) is 6.32. The molecule has 3 aromatic rings. The SMILES string of the molecule is CCCn1nnnc1NCc1ccc(OCc2ccc(Cl)cc2Cl)c(OCC)c1. The van der Waals surface area contributed by atoms with Gasteiger partial charge >= 0.3 is 0 Å². The van der Waals surface area contributed by atoms with Crippen LogP contribution < -0.4 is 14.8 Å². The Bertz CT molecular complexity index is 948. The summed E-state index contributed by atoms with van der Waals surface area (Å²) in [5.74, 6) is 1.96. The number of ether oxygens (including phenoxy) is 2. The van der Waals surface area contributed by atoms with E-state index in [9.17, 15) is 0 Å². The second kappa shape index (κ2) is 10.3. The fourth-order valence-corrected chi connectivity index (χ4v) is 3.18. The van der Waals surface area contributed by atoms with E-state index in [4.69, 9.17) is 32.7 Å². The predicted molar refractivity (Wildman–Crippen MR) is 114 cm³/mol. The summed E-state index contributed by atoms with van der Waals surface area (Å²) in [6, 6.07) is 11.2. The van der Waals surface area contributed by atoms with Gasteiger partial charge in [-0.3, -0.25) is 0 Å². The van der Waals surface area contributed by atoms with Crippen molar-refractivity contribution in [3.8, 4) is 11.5 Å². The molecule has 7 nitrogen and oxygen atoms in total. The van der Waals surface area contributed by atoms with Gasteiger partial charge in [0.25, 0.3) is 0 Å². The molecule has 0 amide bonds. The molecular formula is C20H23Cl2N5O2. The lowest BCUT2D eigenvalue weighted by Crippen LogP contribution is -2.09. The summed E-state index contributed by atoms with van der Waals surface area (Å²) in [7, 11) is 0. The van der Waals surface area contributed by atoms with E-state index in [2.05, 4.69) is 27.8 Å². The molecule has 0 aliphatic rings. The monoisotopic (exact) mass is 435 g/mol. The maximum absolute atomic E-state index is 6.23. The van der Waals surface area contributed by atoms with Gasteiger partial charge in [0.1, 0.15) is 6.61 Å². The molecule has 0 fully saturated rings. The number of halogens is 2. The predicted octanol–water partition coefficient (Wildman–Crippen LogP) is 4.98. The molecule has 1 aromatic heterocycles. The molecule has 1 heterocycles. The van der Waals surface area contributed by atoms with Crippen molar-refractivity contribution in [3.63, 3.8) is 0 Å². The van der Waals surface area contributed by atoms with Crippen LogP contribution in [-0.2, 0) is 19.7 Å². The third-order valence-electron chi connectivity index (χ3n) is 4.12. The number of aromatic nitrogens is 4. The molecule has 0 atom stereocenters. The number of nitrogens with zero attached hydrogens (tertiary/aromatic N) is 4. The van der Waals surface area contributed by atoms with Crippen LogP contribution in [0.2, 0.25) is 10.0 Å². The lowest BCUT2D eigenvalue weighted by atomic mass is 10.2. The van der Waals surface area contributed by atoms with Gasteiger partial charge in [-0.15, -0.1) is 0 Å². The van der Waals surface area contributed by atoms with Gasteiger partial charge in [0.2, 0.25) is 5.95 Å². The van der Waals surface area contributed by atoms with E-state index >= 15 is 0 Å². The highest BCUT2D eigenvalue weighted by atomic mass is 35.5. The highest BCUT2D eigenvalue weighted by Crippen LogP contribution is 2.30. The summed E-state index contributed by atoms with van der Waals surface area (Å²) < 4.78 is 13.5. The van der Waals surface area contributed by atoms with Crippen molar-refractivity contribution in [1.29, 1.82) is 0 Å². The highest BCUT2D eigenvalue weighted by Gasteiger charge is 2.10. The Kier molecular flexibility index (Phi) is 7.55. The maximum Gasteiger partial charge on any atom is 0.243 e. The molecule has 0 spiro atoms. The molecule has 0 unspecified atom stereocenters. The van der Waals surface area contributed by atoms with E-state index in [1.807, 2.05) is 31.2 Å². The van der Waals surface area contributed by atoms with Gasteiger partial charge in [-0.2, -0.15) is 0 Å². The third kappa shape index (κ3) is 5.74. The van der Waals surface area contributed by atoms with Gasteiger partial charge in [0.05, 0.1) is 6.61 Å². The summed E-state index contributed by atoms with van der Waals surface area (Å²) >= 11 is 12.2. The average Bonchev–Trinajstić information content (AvgIpc) is 3.14. The quantitative estimate of drug-likeness (QED) is 0.483. The zero-order valence-electron chi connectivity index (χ0n) is 16.4. The number of rotatable bonds is 10. The fourth-order valence-electron chi connectivity index (χ4n) is 2.72. The van der Waals surface area contributed by atoms with Crippen LogP contribution >= 0.6 is 23.2 Å². The van der Waals surface area contributed by atoms with Crippen molar-refractivity contribution in [2.75, 3.05) is 11.9 Å². The van der Waals surface area contributed by atoms with Crippen LogP contribution in [0.25, 0.3) is 0 Å². The molecule has 1 N–H and O–H groups in total. The largest absolute Gasteiger partial charge is 0.490 e. The number of anilines is 1.